The maximum absolute atomic E-state index is 12.0. The second kappa shape index (κ2) is 5.04. The van der Waals surface area contributed by atoms with Gasteiger partial charge in [0.2, 0.25) is 0 Å². The first kappa shape index (κ1) is 12.4. The Kier molecular flexibility index (Phi) is 3.46. The number of fused-ring (bicyclic) bond motifs is 1. The molecule has 4 heteroatoms. The van der Waals surface area contributed by atoms with Gasteiger partial charge >= 0.3 is 5.97 Å². The van der Waals surface area contributed by atoms with Crippen molar-refractivity contribution in [3.05, 3.63) is 42.0 Å². The topological polar surface area (TPSA) is 57.6 Å². The molecule has 1 aliphatic rings. The van der Waals surface area contributed by atoms with Gasteiger partial charge in [0, 0.05) is 12.2 Å². The number of carbonyl (C=O) groups excluding carboxylic acids is 1. The summed E-state index contributed by atoms with van der Waals surface area (Å²) in [6, 6.07) is 7.45. The van der Waals surface area contributed by atoms with Gasteiger partial charge in [-0.25, -0.2) is 0 Å². The van der Waals surface area contributed by atoms with Crippen LogP contribution in [0.5, 0.6) is 0 Å². The Morgan fingerprint density at radius 2 is 2.11 bits per heavy atom. The van der Waals surface area contributed by atoms with Crippen LogP contribution in [-0.2, 0) is 16.0 Å². The lowest BCUT2D eigenvalue weighted by molar-refractivity contribution is -0.141. The first-order valence-electron chi connectivity index (χ1n) is 5.88. The summed E-state index contributed by atoms with van der Waals surface area (Å²) in [4.78, 5) is 24.6. The van der Waals surface area contributed by atoms with Gasteiger partial charge in [-0.15, -0.1) is 0 Å². The van der Waals surface area contributed by atoms with Crippen molar-refractivity contribution in [2.75, 3.05) is 11.4 Å². The summed E-state index contributed by atoms with van der Waals surface area (Å²) in [5, 5.41) is 9.14. The minimum Gasteiger partial charge on any atom is -0.481 e. The molecule has 1 amide bonds. The molecule has 94 valence electrons. The molecule has 0 bridgehead atoms. The van der Waals surface area contributed by atoms with E-state index in [0.717, 1.165) is 11.3 Å². The largest absolute Gasteiger partial charge is 0.481 e. The van der Waals surface area contributed by atoms with Crippen LogP contribution >= 0.6 is 0 Å². The molecule has 1 unspecified atom stereocenters. The number of carbonyl (C=O) groups is 2. The number of amides is 1. The average molecular weight is 245 g/mol. The summed E-state index contributed by atoms with van der Waals surface area (Å²) in [6.07, 6.45) is 3.60. The predicted octanol–water partition coefficient (Wildman–Crippen LogP) is 1.85. The number of allylic oxidation sites excluding steroid dienone is 1. The molecule has 1 N–H and O–H groups in total. The molecular formula is C14H15NO3. The van der Waals surface area contributed by atoms with Gasteiger partial charge in [0.25, 0.3) is 5.91 Å². The Morgan fingerprint density at radius 3 is 2.78 bits per heavy atom. The van der Waals surface area contributed by atoms with Gasteiger partial charge in [-0.3, -0.25) is 9.59 Å². The number of nitrogens with zero attached hydrogens (tertiary/aromatic N) is 1. The van der Waals surface area contributed by atoms with E-state index in [-0.39, 0.29) is 12.5 Å². The molecule has 0 radical (unpaired) electrons. The van der Waals surface area contributed by atoms with E-state index in [1.165, 1.54) is 11.0 Å². The summed E-state index contributed by atoms with van der Waals surface area (Å²) in [5.74, 6) is -1.56. The molecule has 1 aliphatic heterocycles. The number of carboxylic acids is 1. The zero-order valence-electron chi connectivity index (χ0n) is 10.2. The minimum absolute atomic E-state index is 0.170. The van der Waals surface area contributed by atoms with Crippen molar-refractivity contribution in [1.29, 1.82) is 0 Å². The number of aliphatic carboxylic acids is 1. The molecule has 1 aromatic carbocycles. The van der Waals surface area contributed by atoms with Gasteiger partial charge in [0.15, 0.2) is 0 Å². The maximum atomic E-state index is 12.0. The lowest BCUT2D eigenvalue weighted by atomic mass is 9.92. The quantitative estimate of drug-likeness (QED) is 0.809. The highest BCUT2D eigenvalue weighted by Gasteiger charge is 2.31. The van der Waals surface area contributed by atoms with E-state index in [4.69, 9.17) is 5.11 Å². The van der Waals surface area contributed by atoms with E-state index in [2.05, 4.69) is 0 Å². The number of rotatable bonds is 2. The molecule has 4 nitrogen and oxygen atoms in total. The van der Waals surface area contributed by atoms with E-state index in [9.17, 15) is 9.59 Å². The summed E-state index contributed by atoms with van der Waals surface area (Å²) in [5.41, 5.74) is 1.73. The van der Waals surface area contributed by atoms with Gasteiger partial charge in [-0.1, -0.05) is 24.3 Å². The van der Waals surface area contributed by atoms with E-state index in [1.54, 1.807) is 13.0 Å². The fourth-order valence-electron chi connectivity index (χ4n) is 2.20. The Balaban J connectivity index is 2.39. The third-order valence-corrected chi connectivity index (χ3v) is 3.08. The molecule has 1 aromatic rings. The Bertz CT molecular complexity index is 508. The minimum atomic E-state index is -0.859. The van der Waals surface area contributed by atoms with Crippen molar-refractivity contribution in [1.82, 2.24) is 0 Å². The smallest absolute Gasteiger partial charge is 0.308 e. The van der Waals surface area contributed by atoms with Crippen LogP contribution in [0.2, 0.25) is 0 Å². The highest BCUT2D eigenvalue weighted by Crippen LogP contribution is 2.29. The van der Waals surface area contributed by atoms with Crippen molar-refractivity contribution in [3.63, 3.8) is 0 Å². The molecule has 0 saturated heterocycles. The number of para-hydroxylation sites is 1. The van der Waals surface area contributed by atoms with E-state index < -0.39 is 11.9 Å². The van der Waals surface area contributed by atoms with Crippen LogP contribution in [0.3, 0.4) is 0 Å². The van der Waals surface area contributed by atoms with Crippen LogP contribution in [-0.4, -0.2) is 23.5 Å². The Labute approximate surface area is 106 Å². The second-order valence-electron chi connectivity index (χ2n) is 4.32. The Hall–Kier alpha value is -2.10. The fraction of sp³-hybridized carbons (Fsp3) is 0.286. The van der Waals surface area contributed by atoms with Gasteiger partial charge in [0.1, 0.15) is 0 Å². The molecule has 0 spiro atoms. The molecule has 2 rings (SSSR count). The second-order valence-corrected chi connectivity index (χ2v) is 4.32. The molecule has 1 heterocycles. The predicted molar refractivity (Wildman–Crippen MR) is 68.4 cm³/mol. The lowest BCUT2D eigenvalue weighted by Gasteiger charge is -2.32. The van der Waals surface area contributed by atoms with Crippen molar-refractivity contribution in [3.8, 4) is 0 Å². The van der Waals surface area contributed by atoms with Crippen LogP contribution in [0.25, 0.3) is 0 Å². The summed E-state index contributed by atoms with van der Waals surface area (Å²) >= 11 is 0. The van der Waals surface area contributed by atoms with Gasteiger partial charge in [-0.05, 0) is 31.1 Å². The molecule has 0 saturated carbocycles. The number of hydrogen-bond donors (Lipinski definition) is 1. The van der Waals surface area contributed by atoms with Crippen LogP contribution in [0, 0.1) is 5.92 Å². The molecular weight excluding hydrogens is 230 g/mol. The zero-order valence-corrected chi connectivity index (χ0v) is 10.2. The maximum Gasteiger partial charge on any atom is 0.308 e. The SMILES string of the molecule is C/C=C/C(=O)N1CC(C(=O)O)Cc2ccccc21. The third-order valence-electron chi connectivity index (χ3n) is 3.08. The summed E-state index contributed by atoms with van der Waals surface area (Å²) in [6.45, 7) is 2.00. The molecule has 1 atom stereocenters. The van der Waals surface area contributed by atoms with Crippen molar-refractivity contribution >= 4 is 17.6 Å². The van der Waals surface area contributed by atoms with Crippen molar-refractivity contribution in [2.45, 2.75) is 13.3 Å². The van der Waals surface area contributed by atoms with Crippen molar-refractivity contribution < 1.29 is 14.7 Å². The average Bonchev–Trinajstić information content (AvgIpc) is 2.37. The molecule has 0 aliphatic carbocycles. The molecule has 0 fully saturated rings. The van der Waals surface area contributed by atoms with Crippen LogP contribution < -0.4 is 4.90 Å². The monoisotopic (exact) mass is 245 g/mol. The number of benzene rings is 1. The van der Waals surface area contributed by atoms with Crippen LogP contribution in [0.15, 0.2) is 36.4 Å². The van der Waals surface area contributed by atoms with E-state index in [0.29, 0.717) is 6.42 Å². The normalized spacial score (nSPS) is 18.7. The fourth-order valence-corrected chi connectivity index (χ4v) is 2.20. The molecule has 18 heavy (non-hydrogen) atoms. The number of hydrogen-bond acceptors (Lipinski definition) is 2. The van der Waals surface area contributed by atoms with Gasteiger partial charge in [-0.2, -0.15) is 0 Å². The first-order valence-corrected chi connectivity index (χ1v) is 5.88. The van der Waals surface area contributed by atoms with Gasteiger partial charge < -0.3 is 10.0 Å². The first-order chi connectivity index (χ1) is 8.63. The highest BCUT2D eigenvalue weighted by molar-refractivity contribution is 6.02. The van der Waals surface area contributed by atoms with Crippen molar-refractivity contribution in [2.24, 2.45) is 5.92 Å². The van der Waals surface area contributed by atoms with Gasteiger partial charge in [0.05, 0.1) is 5.92 Å². The number of carboxylic acid groups (broad SMARTS) is 1. The highest BCUT2D eigenvalue weighted by atomic mass is 16.4. The third kappa shape index (κ3) is 2.27. The van der Waals surface area contributed by atoms with E-state index in [1.807, 2.05) is 24.3 Å². The van der Waals surface area contributed by atoms with Crippen LogP contribution in [0.1, 0.15) is 12.5 Å². The van der Waals surface area contributed by atoms with E-state index >= 15 is 0 Å². The summed E-state index contributed by atoms with van der Waals surface area (Å²) in [7, 11) is 0. The standard InChI is InChI=1S/C14H15NO3/c1-2-5-13(16)15-9-11(14(17)18)8-10-6-3-4-7-12(10)15/h2-7,11H,8-9H2,1H3,(H,17,18)/b5-2+. The zero-order chi connectivity index (χ0) is 13.1. The Morgan fingerprint density at radius 1 is 1.39 bits per heavy atom. The number of anilines is 1. The van der Waals surface area contributed by atoms with Crippen LogP contribution in [0.4, 0.5) is 5.69 Å². The summed E-state index contributed by atoms with van der Waals surface area (Å²) < 4.78 is 0. The molecule has 0 aromatic heterocycles. The lowest BCUT2D eigenvalue weighted by Crippen LogP contribution is -2.41.